The zero-order chi connectivity index (χ0) is 18.9. The fraction of sp³-hybridized carbons (Fsp3) is 0.318. The maximum Gasteiger partial charge on any atom is 0.248 e. The molecule has 27 heavy (non-hydrogen) atoms. The van der Waals surface area contributed by atoms with E-state index in [1.807, 2.05) is 42.5 Å². The zero-order valence-electron chi connectivity index (χ0n) is 15.4. The van der Waals surface area contributed by atoms with Crippen LogP contribution in [0.25, 0.3) is 10.9 Å². The second-order valence-electron chi connectivity index (χ2n) is 6.54. The molecular formula is C22H26N2O3. The minimum Gasteiger partial charge on any atom is -0.487 e. The van der Waals surface area contributed by atoms with E-state index < -0.39 is 0 Å². The Morgan fingerprint density at radius 1 is 0.963 bits per heavy atom. The van der Waals surface area contributed by atoms with Crippen LogP contribution < -0.4 is 15.6 Å². The second kappa shape index (κ2) is 9.90. The van der Waals surface area contributed by atoms with Crippen molar-refractivity contribution in [1.29, 1.82) is 0 Å². The Morgan fingerprint density at radius 2 is 1.81 bits per heavy atom. The first-order valence-corrected chi connectivity index (χ1v) is 9.41. The number of aromatic amines is 1. The zero-order valence-corrected chi connectivity index (χ0v) is 15.4. The first-order chi connectivity index (χ1) is 13.3. The first-order valence-electron chi connectivity index (χ1n) is 9.41. The van der Waals surface area contributed by atoms with Gasteiger partial charge in [-0.25, -0.2) is 0 Å². The smallest absolute Gasteiger partial charge is 0.248 e. The summed E-state index contributed by atoms with van der Waals surface area (Å²) < 4.78 is 5.98. The maximum atomic E-state index is 11.8. The first kappa shape index (κ1) is 19.1. The number of aliphatic hydroxyl groups excluding tert-OH is 1. The van der Waals surface area contributed by atoms with Crippen molar-refractivity contribution in [3.8, 4) is 5.75 Å². The number of rotatable bonds is 10. The van der Waals surface area contributed by atoms with E-state index in [4.69, 9.17) is 9.84 Å². The molecule has 0 unspecified atom stereocenters. The van der Waals surface area contributed by atoms with Crippen molar-refractivity contribution in [3.63, 3.8) is 0 Å². The van der Waals surface area contributed by atoms with Gasteiger partial charge in [0.1, 0.15) is 12.4 Å². The average molecular weight is 366 g/mol. The van der Waals surface area contributed by atoms with Crippen LogP contribution in [0.3, 0.4) is 0 Å². The van der Waals surface area contributed by atoms with E-state index in [9.17, 15) is 4.79 Å². The van der Waals surface area contributed by atoms with E-state index in [1.165, 1.54) is 5.56 Å². The molecule has 3 rings (SSSR count). The van der Waals surface area contributed by atoms with Gasteiger partial charge >= 0.3 is 0 Å². The van der Waals surface area contributed by atoms with E-state index in [1.54, 1.807) is 6.07 Å². The summed E-state index contributed by atoms with van der Waals surface area (Å²) in [6.07, 6.45) is 2.65. The lowest BCUT2D eigenvalue weighted by atomic mass is 10.0. The molecule has 5 heteroatoms. The quantitative estimate of drug-likeness (QED) is 0.482. The number of nitrogens with one attached hydrogen (secondary N) is 2. The number of benzene rings is 2. The molecule has 0 aliphatic carbocycles. The third-order valence-electron chi connectivity index (χ3n) is 4.52. The van der Waals surface area contributed by atoms with Crippen molar-refractivity contribution in [1.82, 2.24) is 10.3 Å². The summed E-state index contributed by atoms with van der Waals surface area (Å²) in [6.45, 7) is 2.44. The van der Waals surface area contributed by atoms with Gasteiger partial charge in [0.25, 0.3) is 0 Å². The van der Waals surface area contributed by atoms with Crippen molar-refractivity contribution in [2.45, 2.75) is 25.9 Å². The number of hydrogen-bond donors (Lipinski definition) is 3. The Bertz CT molecular complexity index is 906. The highest BCUT2D eigenvalue weighted by Gasteiger charge is 2.08. The Hall–Kier alpha value is -2.63. The fourth-order valence-corrected chi connectivity index (χ4v) is 3.07. The number of aromatic nitrogens is 1. The molecule has 0 spiro atoms. The molecule has 1 aromatic heterocycles. The number of ether oxygens (including phenoxy) is 1. The van der Waals surface area contributed by atoms with Crippen LogP contribution in [0.2, 0.25) is 0 Å². The van der Waals surface area contributed by atoms with Crippen LogP contribution in [-0.4, -0.2) is 29.8 Å². The van der Waals surface area contributed by atoms with Crippen LogP contribution in [0.15, 0.2) is 59.4 Å². The Balaban J connectivity index is 1.72. The van der Waals surface area contributed by atoms with Crippen molar-refractivity contribution < 1.29 is 9.84 Å². The van der Waals surface area contributed by atoms with Crippen LogP contribution >= 0.6 is 0 Å². The van der Waals surface area contributed by atoms with Crippen LogP contribution in [0.4, 0.5) is 0 Å². The van der Waals surface area contributed by atoms with Crippen LogP contribution in [0, 0.1) is 0 Å². The van der Waals surface area contributed by atoms with E-state index in [-0.39, 0.29) is 12.2 Å². The maximum absolute atomic E-state index is 11.8. The number of hydrogen-bond acceptors (Lipinski definition) is 4. The van der Waals surface area contributed by atoms with E-state index >= 15 is 0 Å². The topological polar surface area (TPSA) is 74.3 Å². The highest BCUT2D eigenvalue weighted by molar-refractivity contribution is 5.87. The van der Waals surface area contributed by atoms with Crippen LogP contribution in [0.1, 0.15) is 24.0 Å². The van der Waals surface area contributed by atoms with Gasteiger partial charge in [-0.05, 0) is 55.6 Å². The Kier molecular flexibility index (Phi) is 7.02. The largest absolute Gasteiger partial charge is 0.487 e. The van der Waals surface area contributed by atoms with Crippen LogP contribution in [-0.2, 0) is 13.0 Å². The molecule has 3 aromatic rings. The molecule has 3 N–H and O–H groups in total. The lowest BCUT2D eigenvalue weighted by Crippen LogP contribution is -2.19. The third-order valence-corrected chi connectivity index (χ3v) is 4.52. The van der Waals surface area contributed by atoms with E-state index in [0.29, 0.717) is 12.4 Å². The van der Waals surface area contributed by atoms with Gasteiger partial charge in [0, 0.05) is 18.1 Å². The molecule has 0 aliphatic rings. The average Bonchev–Trinajstić information content (AvgIpc) is 2.70. The molecule has 142 valence electrons. The molecule has 0 bridgehead atoms. The summed E-state index contributed by atoms with van der Waals surface area (Å²) in [4.78, 5) is 14.8. The van der Waals surface area contributed by atoms with Crippen molar-refractivity contribution in [2.24, 2.45) is 0 Å². The predicted octanol–water partition coefficient (Wildman–Crippen LogP) is 3.01. The predicted molar refractivity (Wildman–Crippen MR) is 108 cm³/mol. The summed E-state index contributed by atoms with van der Waals surface area (Å²) in [5.41, 5.74) is 2.87. The van der Waals surface area contributed by atoms with Gasteiger partial charge in [0.15, 0.2) is 0 Å². The lowest BCUT2D eigenvalue weighted by Gasteiger charge is -2.13. The number of fused-ring (bicyclic) bond motifs is 1. The monoisotopic (exact) mass is 366 g/mol. The molecule has 0 fully saturated rings. The van der Waals surface area contributed by atoms with Gasteiger partial charge < -0.3 is 20.1 Å². The van der Waals surface area contributed by atoms with Crippen LogP contribution in [0.5, 0.6) is 5.75 Å². The third kappa shape index (κ3) is 5.42. The number of pyridine rings is 1. The van der Waals surface area contributed by atoms with E-state index in [0.717, 1.165) is 48.8 Å². The normalized spacial score (nSPS) is 11.0. The SMILES string of the molecule is O=c1ccc2c(CCNCCCCO)ccc(OCc3ccccc3)c2[nH]1. The Labute approximate surface area is 159 Å². The van der Waals surface area contributed by atoms with Crippen molar-refractivity contribution >= 4 is 10.9 Å². The standard InChI is InChI=1S/C22H26N2O3/c25-15-5-4-13-23-14-12-18-8-10-20(22-19(18)9-11-21(26)24-22)27-16-17-6-2-1-3-7-17/h1-3,6-11,23,25H,4-5,12-16H2,(H,24,26). The molecule has 0 radical (unpaired) electrons. The van der Waals surface area contributed by atoms with Crippen molar-refractivity contribution in [3.05, 3.63) is 76.1 Å². The van der Waals surface area contributed by atoms with Gasteiger partial charge in [0.2, 0.25) is 5.56 Å². The molecule has 0 atom stereocenters. The van der Waals surface area contributed by atoms with Gasteiger partial charge in [-0.1, -0.05) is 36.4 Å². The van der Waals surface area contributed by atoms with Gasteiger partial charge in [0.05, 0.1) is 5.52 Å². The minimum atomic E-state index is -0.133. The highest BCUT2D eigenvalue weighted by atomic mass is 16.5. The summed E-state index contributed by atoms with van der Waals surface area (Å²) in [7, 11) is 0. The van der Waals surface area contributed by atoms with Crippen molar-refractivity contribution in [2.75, 3.05) is 19.7 Å². The molecule has 0 saturated carbocycles. The van der Waals surface area contributed by atoms with Gasteiger partial charge in [-0.2, -0.15) is 0 Å². The van der Waals surface area contributed by atoms with Gasteiger partial charge in [-0.15, -0.1) is 0 Å². The summed E-state index contributed by atoms with van der Waals surface area (Å²) in [6, 6.07) is 17.4. The lowest BCUT2D eigenvalue weighted by molar-refractivity contribution is 0.284. The number of aliphatic hydroxyl groups is 1. The summed E-state index contributed by atoms with van der Waals surface area (Å²) >= 11 is 0. The Morgan fingerprint density at radius 3 is 2.63 bits per heavy atom. The molecule has 5 nitrogen and oxygen atoms in total. The summed E-state index contributed by atoms with van der Waals surface area (Å²) in [5, 5.41) is 13.2. The highest BCUT2D eigenvalue weighted by Crippen LogP contribution is 2.27. The second-order valence-corrected chi connectivity index (χ2v) is 6.54. The molecule has 0 aliphatic heterocycles. The van der Waals surface area contributed by atoms with Gasteiger partial charge in [-0.3, -0.25) is 4.79 Å². The number of H-pyrrole nitrogens is 1. The molecular weight excluding hydrogens is 340 g/mol. The molecule has 0 saturated heterocycles. The number of unbranched alkanes of at least 4 members (excludes halogenated alkanes) is 1. The molecule has 2 aromatic carbocycles. The minimum absolute atomic E-state index is 0.133. The fourth-order valence-electron chi connectivity index (χ4n) is 3.07. The molecule has 0 amide bonds. The summed E-state index contributed by atoms with van der Waals surface area (Å²) in [5.74, 6) is 0.686. The van der Waals surface area contributed by atoms with E-state index in [2.05, 4.69) is 16.4 Å². The molecule has 1 heterocycles.